The number of ether oxygens (including phenoxy) is 2. The molecule has 0 unspecified atom stereocenters. The van der Waals surface area contributed by atoms with E-state index in [4.69, 9.17) is 19.7 Å². The Morgan fingerprint density at radius 2 is 2.10 bits per heavy atom. The van der Waals surface area contributed by atoms with E-state index in [-0.39, 0.29) is 6.61 Å². The van der Waals surface area contributed by atoms with Crippen LogP contribution < -0.4 is 10.5 Å². The van der Waals surface area contributed by atoms with E-state index in [2.05, 4.69) is 10.1 Å². The number of methoxy groups -OCH3 is 1. The highest BCUT2D eigenvalue weighted by atomic mass is 16.5. The molecule has 2 rings (SSSR count). The van der Waals surface area contributed by atoms with Gasteiger partial charge in [-0.15, -0.1) is 0 Å². The Hall–Kier alpha value is -1.92. The van der Waals surface area contributed by atoms with Crippen LogP contribution in [0.2, 0.25) is 0 Å². The van der Waals surface area contributed by atoms with Gasteiger partial charge in [0.15, 0.2) is 12.4 Å². The van der Waals surface area contributed by atoms with Crippen molar-refractivity contribution in [3.05, 3.63) is 41.5 Å². The molecular weight excluding hydrogens is 258 g/mol. The topological polar surface area (TPSA) is 83.4 Å². The van der Waals surface area contributed by atoms with E-state index in [9.17, 15) is 0 Å². The second-order valence-electron chi connectivity index (χ2n) is 5.10. The second-order valence-corrected chi connectivity index (χ2v) is 5.10. The van der Waals surface area contributed by atoms with Crippen LogP contribution in [0.4, 0.5) is 0 Å². The zero-order valence-corrected chi connectivity index (χ0v) is 11.9. The van der Waals surface area contributed by atoms with Crippen molar-refractivity contribution in [3.8, 4) is 5.75 Å². The lowest BCUT2D eigenvalue weighted by molar-refractivity contribution is 0.184. The number of rotatable bonds is 6. The molecule has 0 amide bonds. The van der Waals surface area contributed by atoms with Crippen LogP contribution in [0.1, 0.15) is 31.1 Å². The number of benzene rings is 1. The molecule has 0 spiro atoms. The third kappa shape index (κ3) is 3.79. The monoisotopic (exact) mass is 277 g/mol. The summed E-state index contributed by atoms with van der Waals surface area (Å²) in [6.45, 7) is 4.39. The van der Waals surface area contributed by atoms with E-state index in [1.54, 1.807) is 7.11 Å². The van der Waals surface area contributed by atoms with Gasteiger partial charge in [0.2, 0.25) is 0 Å². The van der Waals surface area contributed by atoms with Crippen LogP contribution in [0.3, 0.4) is 0 Å². The lowest BCUT2D eigenvalue weighted by Crippen LogP contribution is -2.30. The normalized spacial score (nSPS) is 11.6. The van der Waals surface area contributed by atoms with Gasteiger partial charge in [-0.05, 0) is 31.5 Å². The number of hydrogen-bond acceptors (Lipinski definition) is 6. The third-order valence-electron chi connectivity index (χ3n) is 2.62. The summed E-state index contributed by atoms with van der Waals surface area (Å²) in [6.07, 6.45) is 0. The summed E-state index contributed by atoms with van der Waals surface area (Å²) in [4.78, 5) is 4.20. The van der Waals surface area contributed by atoms with Crippen LogP contribution in [-0.4, -0.2) is 17.3 Å². The van der Waals surface area contributed by atoms with Crippen LogP contribution in [0.25, 0.3) is 0 Å². The van der Waals surface area contributed by atoms with E-state index in [1.807, 2.05) is 38.1 Å². The largest absolute Gasteiger partial charge is 0.484 e. The summed E-state index contributed by atoms with van der Waals surface area (Å²) in [6, 6.07) is 7.65. The molecule has 0 saturated heterocycles. The van der Waals surface area contributed by atoms with Crippen molar-refractivity contribution < 1.29 is 14.0 Å². The zero-order valence-electron chi connectivity index (χ0n) is 11.9. The minimum Gasteiger partial charge on any atom is -0.484 e. The molecular formula is C14H19N3O3. The van der Waals surface area contributed by atoms with Crippen LogP contribution >= 0.6 is 0 Å². The van der Waals surface area contributed by atoms with E-state index in [0.29, 0.717) is 18.3 Å². The molecule has 0 aliphatic rings. The van der Waals surface area contributed by atoms with Gasteiger partial charge in [-0.1, -0.05) is 17.3 Å². The van der Waals surface area contributed by atoms with Gasteiger partial charge in [-0.3, -0.25) is 0 Å². The maximum absolute atomic E-state index is 5.89. The molecule has 108 valence electrons. The lowest BCUT2D eigenvalue weighted by atomic mass is 10.1. The van der Waals surface area contributed by atoms with E-state index < -0.39 is 5.54 Å². The van der Waals surface area contributed by atoms with Gasteiger partial charge in [0.25, 0.3) is 5.89 Å². The molecule has 0 saturated carbocycles. The molecule has 20 heavy (non-hydrogen) atoms. The molecule has 6 nitrogen and oxygen atoms in total. The molecule has 0 atom stereocenters. The van der Waals surface area contributed by atoms with Gasteiger partial charge in [0.1, 0.15) is 5.75 Å². The van der Waals surface area contributed by atoms with Gasteiger partial charge < -0.3 is 19.7 Å². The fraction of sp³-hybridized carbons (Fsp3) is 0.429. The Labute approximate surface area is 117 Å². The van der Waals surface area contributed by atoms with Crippen LogP contribution in [0.15, 0.2) is 28.8 Å². The number of nitrogens with zero attached hydrogens (tertiary/aromatic N) is 2. The summed E-state index contributed by atoms with van der Waals surface area (Å²) in [5.74, 6) is 1.59. The third-order valence-corrected chi connectivity index (χ3v) is 2.62. The Bertz CT molecular complexity index is 561. The predicted molar refractivity (Wildman–Crippen MR) is 73.0 cm³/mol. The maximum atomic E-state index is 5.89. The predicted octanol–water partition coefficient (Wildman–Crippen LogP) is 1.99. The zero-order chi connectivity index (χ0) is 14.6. The fourth-order valence-corrected chi connectivity index (χ4v) is 1.61. The lowest BCUT2D eigenvalue weighted by Gasteiger charge is -2.11. The van der Waals surface area contributed by atoms with Crippen LogP contribution in [0, 0.1) is 0 Å². The summed E-state index contributed by atoms with van der Waals surface area (Å²) in [5.41, 5.74) is 6.31. The van der Waals surface area contributed by atoms with Crippen molar-refractivity contribution in [2.45, 2.75) is 32.6 Å². The standard InChI is InChI=1S/C14H19N3O3/c1-14(2,15)13-16-12(20-17-13)9-19-11-6-4-5-10(7-11)8-18-3/h4-7H,8-9,15H2,1-3H3. The van der Waals surface area contributed by atoms with Gasteiger partial charge in [0, 0.05) is 7.11 Å². The molecule has 2 N–H and O–H groups in total. The number of aromatic nitrogens is 2. The first kappa shape index (κ1) is 14.5. The van der Waals surface area contributed by atoms with Crippen molar-refractivity contribution in [2.75, 3.05) is 7.11 Å². The summed E-state index contributed by atoms with van der Waals surface area (Å²) in [7, 11) is 1.65. The first-order valence-electron chi connectivity index (χ1n) is 6.31. The molecule has 0 radical (unpaired) electrons. The first-order chi connectivity index (χ1) is 9.49. The Morgan fingerprint density at radius 3 is 2.75 bits per heavy atom. The summed E-state index contributed by atoms with van der Waals surface area (Å²) in [5, 5.41) is 3.84. The number of nitrogens with two attached hydrogens (primary N) is 1. The minimum absolute atomic E-state index is 0.208. The number of hydrogen-bond donors (Lipinski definition) is 1. The van der Waals surface area contributed by atoms with Crippen molar-refractivity contribution in [1.82, 2.24) is 10.1 Å². The SMILES string of the molecule is COCc1cccc(OCc2nc(C(C)(C)N)no2)c1. The molecule has 1 heterocycles. The second kappa shape index (κ2) is 6.02. The van der Waals surface area contributed by atoms with Gasteiger partial charge >= 0.3 is 0 Å². The fourth-order valence-electron chi connectivity index (χ4n) is 1.61. The summed E-state index contributed by atoms with van der Waals surface area (Å²) >= 11 is 0. The maximum Gasteiger partial charge on any atom is 0.264 e. The average molecular weight is 277 g/mol. The Balaban J connectivity index is 1.98. The van der Waals surface area contributed by atoms with Crippen molar-refractivity contribution in [3.63, 3.8) is 0 Å². The van der Waals surface area contributed by atoms with Crippen molar-refractivity contribution in [1.29, 1.82) is 0 Å². The van der Waals surface area contributed by atoms with Crippen molar-refractivity contribution >= 4 is 0 Å². The first-order valence-corrected chi connectivity index (χ1v) is 6.31. The van der Waals surface area contributed by atoms with Gasteiger partial charge in [0.05, 0.1) is 12.1 Å². The molecule has 1 aromatic carbocycles. The molecule has 0 bridgehead atoms. The quantitative estimate of drug-likeness (QED) is 0.869. The van der Waals surface area contributed by atoms with Gasteiger partial charge in [-0.2, -0.15) is 4.98 Å². The molecule has 0 fully saturated rings. The molecule has 0 aliphatic carbocycles. The Kier molecular flexibility index (Phi) is 4.36. The van der Waals surface area contributed by atoms with E-state index in [1.165, 1.54) is 0 Å². The Morgan fingerprint density at radius 1 is 1.30 bits per heavy atom. The highest BCUT2D eigenvalue weighted by Crippen LogP contribution is 2.17. The molecule has 2 aromatic rings. The van der Waals surface area contributed by atoms with Gasteiger partial charge in [-0.25, -0.2) is 0 Å². The highest BCUT2D eigenvalue weighted by molar-refractivity contribution is 5.28. The summed E-state index contributed by atoms with van der Waals surface area (Å²) < 4.78 is 15.8. The minimum atomic E-state index is -0.625. The molecule has 6 heteroatoms. The van der Waals surface area contributed by atoms with Crippen LogP contribution in [-0.2, 0) is 23.5 Å². The average Bonchev–Trinajstić information content (AvgIpc) is 2.86. The van der Waals surface area contributed by atoms with Crippen molar-refractivity contribution in [2.24, 2.45) is 5.73 Å². The van der Waals surface area contributed by atoms with E-state index >= 15 is 0 Å². The molecule has 0 aliphatic heterocycles. The smallest absolute Gasteiger partial charge is 0.264 e. The highest BCUT2D eigenvalue weighted by Gasteiger charge is 2.21. The molecule has 1 aromatic heterocycles. The van der Waals surface area contributed by atoms with Crippen LogP contribution in [0.5, 0.6) is 5.75 Å². The van der Waals surface area contributed by atoms with E-state index in [0.717, 1.165) is 11.3 Å².